The normalized spacial score (nSPS) is 11.0. The van der Waals surface area contributed by atoms with Crippen molar-refractivity contribution in [2.75, 3.05) is 0 Å². The Labute approximate surface area is 138 Å². The molecule has 0 aliphatic rings. The number of carbonyl (C=O) groups is 1. The summed E-state index contributed by atoms with van der Waals surface area (Å²) in [7, 11) is 0. The number of carbonyl (C=O) groups excluding carboxylic acids is 1. The largest absolute Gasteiger partial charge is 0.423 e. The van der Waals surface area contributed by atoms with Crippen molar-refractivity contribution >= 4 is 27.5 Å². The summed E-state index contributed by atoms with van der Waals surface area (Å²) in [6, 6.07) is 22.4. The van der Waals surface area contributed by atoms with Gasteiger partial charge < -0.3 is 4.42 Å². The second-order valence-corrected chi connectivity index (χ2v) is 5.72. The van der Waals surface area contributed by atoms with Crippen LogP contribution < -0.4 is 5.63 Å². The molecule has 4 aromatic rings. The molecule has 4 rings (SSSR count). The molecular weight excluding hydrogens is 300 g/mol. The van der Waals surface area contributed by atoms with Crippen molar-refractivity contribution in [2.24, 2.45) is 0 Å². The fourth-order valence-electron chi connectivity index (χ4n) is 2.96. The summed E-state index contributed by atoms with van der Waals surface area (Å²) in [6.45, 7) is 0. The van der Waals surface area contributed by atoms with Crippen LogP contribution in [-0.2, 0) is 6.42 Å². The molecule has 0 saturated heterocycles. The first-order valence-electron chi connectivity index (χ1n) is 7.75. The zero-order valence-corrected chi connectivity index (χ0v) is 12.9. The lowest BCUT2D eigenvalue weighted by Gasteiger charge is -2.06. The number of hydrogen-bond acceptors (Lipinski definition) is 3. The highest BCUT2D eigenvalue weighted by Gasteiger charge is 2.14. The Bertz CT molecular complexity index is 1120. The van der Waals surface area contributed by atoms with E-state index in [1.165, 1.54) is 0 Å². The molecule has 0 saturated carbocycles. The van der Waals surface area contributed by atoms with Gasteiger partial charge in [-0.15, -0.1) is 0 Å². The van der Waals surface area contributed by atoms with Crippen LogP contribution in [0.25, 0.3) is 21.7 Å². The summed E-state index contributed by atoms with van der Waals surface area (Å²) in [5.74, 6) is -0.0885. The molecule has 116 valence electrons. The zero-order chi connectivity index (χ0) is 16.5. The van der Waals surface area contributed by atoms with Crippen LogP contribution in [0.4, 0.5) is 0 Å². The quantitative estimate of drug-likeness (QED) is 0.417. The van der Waals surface area contributed by atoms with E-state index in [1.807, 2.05) is 54.6 Å². The predicted octanol–water partition coefficient (Wildman–Crippen LogP) is 4.37. The van der Waals surface area contributed by atoms with Crippen LogP contribution in [0.5, 0.6) is 0 Å². The number of benzene rings is 3. The molecule has 24 heavy (non-hydrogen) atoms. The summed E-state index contributed by atoms with van der Waals surface area (Å²) in [5.41, 5.74) is 1.08. The number of Topliss-reactive ketones (excluding diaryl/α,β-unsaturated/α-hetero) is 1. The van der Waals surface area contributed by atoms with E-state index < -0.39 is 5.63 Å². The van der Waals surface area contributed by atoms with Crippen LogP contribution >= 0.6 is 0 Å². The van der Waals surface area contributed by atoms with Crippen LogP contribution in [0.1, 0.15) is 15.9 Å². The maximum absolute atomic E-state index is 12.7. The number of para-hydroxylation sites is 1. The Hall–Kier alpha value is -3.20. The third-order valence-electron chi connectivity index (χ3n) is 4.15. The van der Waals surface area contributed by atoms with Crippen molar-refractivity contribution in [3.8, 4) is 0 Å². The van der Waals surface area contributed by atoms with Gasteiger partial charge in [-0.3, -0.25) is 4.79 Å². The van der Waals surface area contributed by atoms with Crippen LogP contribution in [0, 0.1) is 0 Å². The third kappa shape index (κ3) is 2.50. The van der Waals surface area contributed by atoms with Gasteiger partial charge in [-0.2, -0.15) is 0 Å². The van der Waals surface area contributed by atoms with Gasteiger partial charge in [0, 0.05) is 22.9 Å². The highest BCUT2D eigenvalue weighted by molar-refractivity contribution is 6.08. The van der Waals surface area contributed by atoms with Crippen LogP contribution in [0.15, 0.2) is 82.0 Å². The van der Waals surface area contributed by atoms with E-state index in [-0.39, 0.29) is 12.2 Å². The van der Waals surface area contributed by atoms with E-state index in [0.717, 1.165) is 16.2 Å². The smallest absolute Gasteiger partial charge is 0.339 e. The first kappa shape index (κ1) is 14.4. The Morgan fingerprint density at radius 3 is 2.42 bits per heavy atom. The molecule has 0 atom stereocenters. The number of fused-ring (bicyclic) bond motifs is 2. The van der Waals surface area contributed by atoms with Gasteiger partial charge in [0.05, 0.1) is 0 Å². The van der Waals surface area contributed by atoms with Crippen molar-refractivity contribution < 1.29 is 9.21 Å². The van der Waals surface area contributed by atoms with Crippen LogP contribution in [0.3, 0.4) is 0 Å². The SMILES string of the molecule is O=C(Cc1cc2ccccc2oc1=O)c1cccc2ccccc12. The fraction of sp³-hybridized carbons (Fsp3) is 0.0476. The van der Waals surface area contributed by atoms with Gasteiger partial charge >= 0.3 is 5.63 Å². The molecule has 0 radical (unpaired) electrons. The summed E-state index contributed by atoms with van der Waals surface area (Å²) < 4.78 is 5.31. The monoisotopic (exact) mass is 314 g/mol. The minimum absolute atomic E-state index is 0.0289. The lowest BCUT2D eigenvalue weighted by Crippen LogP contribution is -2.13. The highest BCUT2D eigenvalue weighted by Crippen LogP contribution is 2.20. The van der Waals surface area contributed by atoms with E-state index in [0.29, 0.717) is 16.7 Å². The first-order chi connectivity index (χ1) is 11.7. The summed E-state index contributed by atoms with van der Waals surface area (Å²) in [6.07, 6.45) is 0.0289. The predicted molar refractivity (Wildman–Crippen MR) is 94.5 cm³/mol. The summed E-state index contributed by atoms with van der Waals surface area (Å²) in [4.78, 5) is 24.9. The molecule has 0 N–H and O–H groups in total. The Morgan fingerprint density at radius 1 is 0.833 bits per heavy atom. The molecule has 0 bridgehead atoms. The molecule has 0 aliphatic carbocycles. The van der Waals surface area contributed by atoms with E-state index in [2.05, 4.69) is 0 Å². The van der Waals surface area contributed by atoms with Crippen molar-refractivity contribution in [3.63, 3.8) is 0 Å². The third-order valence-corrected chi connectivity index (χ3v) is 4.15. The Balaban J connectivity index is 1.76. The molecule has 0 fully saturated rings. The van der Waals surface area contributed by atoms with Crippen LogP contribution in [-0.4, -0.2) is 5.78 Å². The van der Waals surface area contributed by atoms with E-state index in [9.17, 15) is 9.59 Å². The molecule has 0 unspecified atom stereocenters. The van der Waals surface area contributed by atoms with Gasteiger partial charge in [-0.1, -0.05) is 60.7 Å². The standard InChI is InChI=1S/C21H14O3/c22-19(18-10-5-8-14-6-1-3-9-17(14)18)13-16-12-15-7-2-4-11-20(15)24-21(16)23/h1-12H,13H2. The van der Waals surface area contributed by atoms with Gasteiger partial charge in [-0.05, 0) is 22.9 Å². The van der Waals surface area contributed by atoms with Gasteiger partial charge in [0.25, 0.3) is 0 Å². The lowest BCUT2D eigenvalue weighted by molar-refractivity contribution is 0.0993. The average molecular weight is 314 g/mol. The van der Waals surface area contributed by atoms with Gasteiger partial charge in [0.1, 0.15) is 5.58 Å². The van der Waals surface area contributed by atoms with Crippen LogP contribution in [0.2, 0.25) is 0 Å². The molecule has 3 heteroatoms. The summed E-state index contributed by atoms with van der Waals surface area (Å²) >= 11 is 0. The second kappa shape index (κ2) is 5.78. The highest BCUT2D eigenvalue weighted by atomic mass is 16.4. The first-order valence-corrected chi connectivity index (χ1v) is 7.75. The van der Waals surface area contributed by atoms with E-state index in [4.69, 9.17) is 4.42 Å². The van der Waals surface area contributed by atoms with Crippen molar-refractivity contribution in [2.45, 2.75) is 6.42 Å². The zero-order valence-electron chi connectivity index (χ0n) is 12.9. The van der Waals surface area contributed by atoms with Gasteiger partial charge in [0.2, 0.25) is 0 Å². The second-order valence-electron chi connectivity index (χ2n) is 5.72. The number of ketones is 1. The molecule has 3 nitrogen and oxygen atoms in total. The average Bonchev–Trinajstić information content (AvgIpc) is 2.62. The molecule has 1 aromatic heterocycles. The van der Waals surface area contributed by atoms with E-state index in [1.54, 1.807) is 18.2 Å². The molecule has 3 aromatic carbocycles. The Kier molecular flexibility index (Phi) is 3.47. The lowest BCUT2D eigenvalue weighted by atomic mass is 9.98. The maximum Gasteiger partial charge on any atom is 0.339 e. The number of hydrogen-bond donors (Lipinski definition) is 0. The Morgan fingerprint density at radius 2 is 1.54 bits per heavy atom. The minimum atomic E-state index is -0.456. The maximum atomic E-state index is 12.7. The molecule has 0 spiro atoms. The van der Waals surface area contributed by atoms with E-state index >= 15 is 0 Å². The van der Waals surface area contributed by atoms with Crippen molar-refractivity contribution in [3.05, 3.63) is 94.3 Å². The molecule has 1 heterocycles. The molecule has 0 amide bonds. The molecule has 0 aliphatic heterocycles. The summed E-state index contributed by atoms with van der Waals surface area (Å²) in [5, 5.41) is 2.72. The minimum Gasteiger partial charge on any atom is -0.423 e. The van der Waals surface area contributed by atoms with Crippen molar-refractivity contribution in [1.29, 1.82) is 0 Å². The van der Waals surface area contributed by atoms with Gasteiger partial charge in [0.15, 0.2) is 5.78 Å². The van der Waals surface area contributed by atoms with Crippen molar-refractivity contribution in [1.82, 2.24) is 0 Å². The number of rotatable bonds is 3. The molecular formula is C21H14O3. The topological polar surface area (TPSA) is 47.3 Å². The fourth-order valence-corrected chi connectivity index (χ4v) is 2.96. The van der Waals surface area contributed by atoms with Gasteiger partial charge in [-0.25, -0.2) is 4.79 Å².